The summed E-state index contributed by atoms with van der Waals surface area (Å²) in [4.78, 5) is 12.2. The van der Waals surface area contributed by atoms with Gasteiger partial charge in [0.05, 0.1) is 7.11 Å². The summed E-state index contributed by atoms with van der Waals surface area (Å²) in [5.74, 6) is -0.508. The van der Waals surface area contributed by atoms with Crippen LogP contribution in [0.2, 0.25) is 13.6 Å². The number of benzene rings is 2. The van der Waals surface area contributed by atoms with Crippen molar-refractivity contribution < 1.29 is 17.9 Å². The molecular formula is C24H31B2N3O4S. The van der Waals surface area contributed by atoms with E-state index in [1.165, 1.54) is 24.1 Å². The first-order valence-electron chi connectivity index (χ1n) is 11.3. The highest BCUT2D eigenvalue weighted by Gasteiger charge is 2.39. The molecule has 0 amide bonds. The Hall–Kier alpha value is -2.84. The van der Waals surface area contributed by atoms with Crippen LogP contribution in [0, 0.1) is 0 Å². The van der Waals surface area contributed by atoms with Crippen molar-refractivity contribution >= 4 is 29.7 Å². The van der Waals surface area contributed by atoms with Crippen molar-refractivity contribution in [3.8, 4) is 0 Å². The third-order valence-corrected chi connectivity index (χ3v) is 8.00. The Bertz CT molecular complexity index is 1150. The highest BCUT2D eigenvalue weighted by Crippen LogP contribution is 2.23. The minimum absolute atomic E-state index is 0.0932. The second-order valence-corrected chi connectivity index (χ2v) is 10.9. The van der Waals surface area contributed by atoms with E-state index in [0.29, 0.717) is 12.6 Å². The minimum atomic E-state index is -3.96. The molecule has 0 saturated carbocycles. The predicted molar refractivity (Wildman–Crippen MR) is 136 cm³/mol. The lowest BCUT2D eigenvalue weighted by atomic mass is 9.48. The van der Waals surface area contributed by atoms with Gasteiger partial charge in [0, 0.05) is 6.20 Å². The average molecular weight is 479 g/mol. The lowest BCUT2D eigenvalue weighted by Crippen LogP contribution is -2.52. The Balaban J connectivity index is 1.98. The zero-order chi connectivity index (χ0) is 24.9. The number of rotatable bonds is 10. The number of hydrogen-bond donors (Lipinski definition) is 0. The monoisotopic (exact) mass is 479 g/mol. The number of nitrogens with zero attached hydrogens (tertiary/aromatic N) is 3. The van der Waals surface area contributed by atoms with Crippen LogP contribution >= 0.6 is 0 Å². The van der Waals surface area contributed by atoms with E-state index in [4.69, 9.17) is 4.74 Å². The number of carbonyl (C=O) groups excluding carboxylic acids is 1. The van der Waals surface area contributed by atoms with Gasteiger partial charge in [0.1, 0.15) is 0 Å². The first kappa shape index (κ1) is 25.8. The Morgan fingerprint density at radius 1 is 0.941 bits per heavy atom. The van der Waals surface area contributed by atoms with Gasteiger partial charge in [-0.05, 0) is 32.6 Å². The Kier molecular flexibility index (Phi) is 8.05. The zero-order valence-corrected chi connectivity index (χ0v) is 21.2. The first-order valence-corrected chi connectivity index (χ1v) is 12.8. The third-order valence-electron chi connectivity index (χ3n) is 5.98. The SMILES string of the molecule is COC(=O)C(C)(C)n1ccc(S(=O)(=O)N(B(C)Cc2ccccc2)B(C)Cc2ccccc2)n1. The van der Waals surface area contributed by atoms with Gasteiger partial charge in [-0.1, -0.05) is 85.4 Å². The van der Waals surface area contributed by atoms with Crippen molar-refractivity contribution in [1.82, 2.24) is 13.9 Å². The summed E-state index contributed by atoms with van der Waals surface area (Å²) in [7, 11) is -2.67. The van der Waals surface area contributed by atoms with Crippen LogP contribution in [-0.2, 0) is 37.7 Å². The molecule has 0 aliphatic carbocycles. The molecule has 0 spiro atoms. The van der Waals surface area contributed by atoms with E-state index in [1.54, 1.807) is 18.0 Å². The van der Waals surface area contributed by atoms with Crippen LogP contribution in [0.25, 0.3) is 0 Å². The standard InChI is InChI=1S/C24H31B2N3O4S/c1-24(2,23(30)33-5)28-17-16-22(27-28)34(31,32)29(25(3)18-20-12-8-6-9-13-20)26(4)19-21-14-10-7-11-15-21/h6-17H,18-19H2,1-5H3. The fourth-order valence-corrected chi connectivity index (χ4v) is 5.94. The van der Waals surface area contributed by atoms with Gasteiger partial charge in [-0.15, -0.1) is 0 Å². The fraction of sp³-hybridized carbons (Fsp3) is 0.333. The molecule has 1 heterocycles. The normalized spacial score (nSPS) is 11.9. The van der Waals surface area contributed by atoms with Gasteiger partial charge in [0.2, 0.25) is 23.7 Å². The van der Waals surface area contributed by atoms with Crippen LogP contribution < -0.4 is 0 Å². The largest absolute Gasteiger partial charge is 0.467 e. The molecule has 10 heteroatoms. The molecule has 0 bridgehead atoms. The van der Waals surface area contributed by atoms with E-state index in [0.717, 1.165) is 11.1 Å². The van der Waals surface area contributed by atoms with Gasteiger partial charge in [0.25, 0.3) is 0 Å². The first-order chi connectivity index (χ1) is 16.1. The van der Waals surface area contributed by atoms with Crippen molar-refractivity contribution in [3.63, 3.8) is 0 Å². The Morgan fingerprint density at radius 3 is 1.85 bits per heavy atom. The zero-order valence-electron chi connectivity index (χ0n) is 20.4. The fourth-order valence-electron chi connectivity index (χ4n) is 4.21. The van der Waals surface area contributed by atoms with Crippen molar-refractivity contribution in [3.05, 3.63) is 84.1 Å². The summed E-state index contributed by atoms with van der Waals surface area (Å²) in [5, 5.41) is 4.22. The summed E-state index contributed by atoms with van der Waals surface area (Å²) < 4.78 is 35.6. The second-order valence-electron chi connectivity index (χ2n) is 9.06. The van der Waals surface area contributed by atoms with Gasteiger partial charge in [0.15, 0.2) is 10.6 Å². The van der Waals surface area contributed by atoms with Gasteiger partial charge in [-0.25, -0.2) is 13.2 Å². The lowest BCUT2D eigenvalue weighted by molar-refractivity contribution is -0.150. The molecule has 1 aromatic heterocycles. The summed E-state index contributed by atoms with van der Waals surface area (Å²) in [6, 6.07) is 21.1. The molecule has 34 heavy (non-hydrogen) atoms. The van der Waals surface area contributed by atoms with Crippen LogP contribution in [0.5, 0.6) is 0 Å². The number of sulfonamides is 1. The van der Waals surface area contributed by atoms with E-state index in [9.17, 15) is 13.2 Å². The molecule has 0 unspecified atom stereocenters. The molecule has 3 aromatic rings. The maximum absolute atomic E-state index is 13.9. The number of esters is 1. The topological polar surface area (TPSA) is 81.5 Å². The van der Waals surface area contributed by atoms with E-state index >= 15 is 0 Å². The number of methoxy groups -OCH3 is 1. The van der Waals surface area contributed by atoms with Crippen molar-refractivity contribution in [2.75, 3.05) is 7.11 Å². The summed E-state index contributed by atoms with van der Waals surface area (Å²) in [5.41, 5.74) is 0.970. The minimum Gasteiger partial charge on any atom is -0.467 e. The van der Waals surface area contributed by atoms with Gasteiger partial charge in [-0.3, -0.25) is 8.81 Å². The van der Waals surface area contributed by atoms with E-state index < -0.39 is 21.5 Å². The molecule has 0 aliphatic heterocycles. The maximum atomic E-state index is 13.9. The Morgan fingerprint density at radius 2 is 1.41 bits per heavy atom. The molecule has 3 rings (SSSR count). The van der Waals surface area contributed by atoms with Gasteiger partial charge < -0.3 is 4.74 Å². The molecule has 0 radical (unpaired) electrons. The van der Waals surface area contributed by atoms with E-state index in [-0.39, 0.29) is 18.7 Å². The summed E-state index contributed by atoms with van der Waals surface area (Å²) in [6.07, 6.45) is 2.63. The number of ether oxygens (including phenoxy) is 1. The molecule has 0 N–H and O–H groups in total. The van der Waals surface area contributed by atoms with Gasteiger partial charge in [-0.2, -0.15) is 5.10 Å². The lowest BCUT2D eigenvalue weighted by Gasteiger charge is -2.30. The van der Waals surface area contributed by atoms with Crippen molar-refractivity contribution in [1.29, 1.82) is 0 Å². The Labute approximate surface area is 203 Å². The molecule has 7 nitrogen and oxygen atoms in total. The highest BCUT2D eigenvalue weighted by atomic mass is 32.2. The second kappa shape index (κ2) is 10.6. The molecule has 178 valence electrons. The van der Waals surface area contributed by atoms with Crippen molar-refractivity contribution in [2.45, 2.75) is 50.7 Å². The number of carbonyl (C=O) groups is 1. The smallest absolute Gasteiger partial charge is 0.333 e. The summed E-state index contributed by atoms with van der Waals surface area (Å²) >= 11 is 0. The summed E-state index contributed by atoms with van der Waals surface area (Å²) in [6.45, 7) is 6.48. The number of aromatic nitrogens is 2. The molecule has 2 aromatic carbocycles. The highest BCUT2D eigenvalue weighted by molar-refractivity contribution is 7.91. The van der Waals surface area contributed by atoms with Crippen LogP contribution in [0.4, 0.5) is 0 Å². The van der Waals surface area contributed by atoms with Gasteiger partial charge >= 0.3 is 5.97 Å². The maximum Gasteiger partial charge on any atom is 0.333 e. The molecular weight excluding hydrogens is 448 g/mol. The van der Waals surface area contributed by atoms with Crippen LogP contribution in [-0.4, -0.2) is 49.1 Å². The van der Waals surface area contributed by atoms with Crippen LogP contribution in [0.15, 0.2) is 78.0 Å². The average Bonchev–Trinajstić information content (AvgIpc) is 3.32. The molecule has 0 fully saturated rings. The number of hydrogen-bond acceptors (Lipinski definition) is 5. The van der Waals surface area contributed by atoms with Crippen LogP contribution in [0.1, 0.15) is 25.0 Å². The quantitative estimate of drug-likeness (QED) is 0.328. The predicted octanol–water partition coefficient (Wildman–Crippen LogP) is 3.59. The molecule has 0 saturated heterocycles. The van der Waals surface area contributed by atoms with Crippen molar-refractivity contribution in [2.24, 2.45) is 0 Å². The van der Waals surface area contributed by atoms with E-state index in [1.807, 2.05) is 74.3 Å². The third kappa shape index (κ3) is 5.62. The van der Waals surface area contributed by atoms with Crippen LogP contribution in [0.3, 0.4) is 0 Å². The van der Waals surface area contributed by atoms with E-state index in [2.05, 4.69) is 5.10 Å². The molecule has 0 atom stereocenters. The molecule has 0 aliphatic rings.